The Morgan fingerprint density at radius 2 is 1.08 bits per heavy atom. The second kappa shape index (κ2) is 12.9. The van der Waals surface area contributed by atoms with E-state index in [1.807, 2.05) is 62.4 Å². The SMILES string of the molecule is CCCn1c(O)c(N=NC(=O)CCCCCC(=O)N=Nc2c(O)n(CCC)c3ccccc23)c2ccccc21. The van der Waals surface area contributed by atoms with Crippen molar-refractivity contribution in [2.75, 3.05) is 0 Å². The van der Waals surface area contributed by atoms with Crippen LogP contribution in [0, 0.1) is 0 Å². The van der Waals surface area contributed by atoms with Gasteiger partial charge in [0.2, 0.25) is 11.8 Å². The molecule has 10 heteroatoms. The van der Waals surface area contributed by atoms with Gasteiger partial charge in [-0.25, -0.2) is 0 Å². The topological polar surface area (TPSA) is 134 Å². The second-order valence-electron chi connectivity index (χ2n) is 9.43. The molecule has 0 fully saturated rings. The monoisotopic (exact) mass is 530 g/mol. The molecule has 2 amide bonds. The number of azo groups is 2. The van der Waals surface area contributed by atoms with E-state index in [9.17, 15) is 19.8 Å². The fraction of sp³-hybridized carbons (Fsp3) is 0.379. The number of benzene rings is 2. The average Bonchev–Trinajstić information content (AvgIpc) is 3.36. The molecule has 0 radical (unpaired) electrons. The number of unbranched alkanes of at least 4 members (excludes halogenated alkanes) is 2. The summed E-state index contributed by atoms with van der Waals surface area (Å²) in [5.74, 6) is -0.755. The van der Waals surface area contributed by atoms with E-state index in [-0.39, 0.29) is 36.4 Å². The van der Waals surface area contributed by atoms with Crippen LogP contribution in [0.1, 0.15) is 58.8 Å². The van der Waals surface area contributed by atoms with Crippen LogP contribution in [0.3, 0.4) is 0 Å². The van der Waals surface area contributed by atoms with Gasteiger partial charge >= 0.3 is 0 Å². The summed E-state index contributed by atoms with van der Waals surface area (Å²) in [5.41, 5.74) is 2.29. The molecule has 10 nitrogen and oxygen atoms in total. The van der Waals surface area contributed by atoms with Gasteiger partial charge in [0, 0.05) is 36.7 Å². The van der Waals surface area contributed by atoms with Crippen molar-refractivity contribution >= 4 is 45.0 Å². The first-order chi connectivity index (χ1) is 19.0. The summed E-state index contributed by atoms with van der Waals surface area (Å²) in [5, 5.41) is 38.4. The standard InChI is InChI=1S/C29H34N6O4/c1-3-18-34-22-14-10-8-12-20(22)26(28(34)38)32-30-24(36)16-6-5-7-17-25(37)31-33-27-21-13-9-11-15-23(21)35(19-4-2)29(27)39/h8-15,38-39H,3-7,16-19H2,1-2H3. The van der Waals surface area contributed by atoms with E-state index in [1.54, 1.807) is 9.13 Å². The first kappa shape index (κ1) is 27.7. The van der Waals surface area contributed by atoms with Crippen LogP contribution in [0.2, 0.25) is 0 Å². The molecule has 0 unspecified atom stereocenters. The molecular weight excluding hydrogens is 496 g/mol. The van der Waals surface area contributed by atoms with E-state index in [4.69, 9.17) is 0 Å². The van der Waals surface area contributed by atoms with Gasteiger partial charge in [-0.1, -0.05) is 56.7 Å². The van der Waals surface area contributed by atoms with E-state index in [0.29, 0.717) is 43.7 Å². The summed E-state index contributed by atoms with van der Waals surface area (Å²) in [7, 11) is 0. The highest BCUT2D eigenvalue weighted by Crippen LogP contribution is 2.40. The Kier molecular flexibility index (Phi) is 9.19. The highest BCUT2D eigenvalue weighted by atomic mass is 16.3. The number of hydrogen-bond acceptors (Lipinski definition) is 6. The molecule has 2 N–H and O–H groups in total. The Balaban J connectivity index is 1.26. The number of aryl methyl sites for hydroxylation is 2. The van der Waals surface area contributed by atoms with Crippen molar-refractivity contribution in [1.29, 1.82) is 0 Å². The van der Waals surface area contributed by atoms with Crippen LogP contribution in [0.25, 0.3) is 21.8 Å². The van der Waals surface area contributed by atoms with Gasteiger partial charge in [-0.15, -0.1) is 20.5 Å². The highest BCUT2D eigenvalue weighted by Gasteiger charge is 2.17. The first-order valence-corrected chi connectivity index (χ1v) is 13.5. The Hall–Kier alpha value is -4.34. The lowest BCUT2D eigenvalue weighted by molar-refractivity contribution is -0.118. The number of carbonyl (C=O) groups is 2. The normalized spacial score (nSPS) is 11.9. The minimum Gasteiger partial charge on any atom is -0.493 e. The number of para-hydroxylation sites is 2. The van der Waals surface area contributed by atoms with E-state index in [0.717, 1.165) is 34.6 Å². The molecule has 2 heterocycles. The third kappa shape index (κ3) is 6.22. The first-order valence-electron chi connectivity index (χ1n) is 13.5. The maximum absolute atomic E-state index is 12.3. The number of nitrogens with zero attached hydrogens (tertiary/aromatic N) is 6. The van der Waals surface area contributed by atoms with Gasteiger partial charge < -0.3 is 19.3 Å². The smallest absolute Gasteiger partial charge is 0.264 e. The Bertz CT molecular complexity index is 1420. The summed E-state index contributed by atoms with van der Waals surface area (Å²) < 4.78 is 3.54. The second-order valence-corrected chi connectivity index (χ2v) is 9.43. The zero-order valence-electron chi connectivity index (χ0n) is 22.4. The average molecular weight is 531 g/mol. The molecule has 0 bridgehead atoms. The zero-order chi connectivity index (χ0) is 27.8. The quantitative estimate of drug-likeness (QED) is 0.143. The van der Waals surface area contributed by atoms with E-state index < -0.39 is 0 Å². The van der Waals surface area contributed by atoms with Crippen LogP contribution in [0.15, 0.2) is 69.0 Å². The minimum absolute atomic E-state index is 0.00511. The third-order valence-electron chi connectivity index (χ3n) is 6.53. The van der Waals surface area contributed by atoms with Gasteiger partial charge in [-0.2, -0.15) is 0 Å². The van der Waals surface area contributed by atoms with E-state index in [1.165, 1.54) is 0 Å². The van der Waals surface area contributed by atoms with Crippen molar-refractivity contribution in [3.8, 4) is 11.8 Å². The van der Waals surface area contributed by atoms with Crippen LogP contribution < -0.4 is 0 Å². The molecule has 0 aliphatic rings. The number of fused-ring (bicyclic) bond motifs is 2. The lowest BCUT2D eigenvalue weighted by atomic mass is 10.1. The molecule has 204 valence electrons. The number of amides is 2. The van der Waals surface area contributed by atoms with Gasteiger partial charge in [0.15, 0.2) is 11.4 Å². The molecule has 2 aromatic carbocycles. The number of aromatic hydroxyl groups is 2. The number of aromatic nitrogens is 2. The number of carbonyl (C=O) groups excluding carboxylic acids is 2. The number of rotatable bonds is 12. The van der Waals surface area contributed by atoms with Crippen LogP contribution in [-0.4, -0.2) is 31.2 Å². The summed E-state index contributed by atoms with van der Waals surface area (Å²) >= 11 is 0. The molecule has 4 rings (SSSR count). The van der Waals surface area contributed by atoms with E-state index >= 15 is 0 Å². The largest absolute Gasteiger partial charge is 0.493 e. The van der Waals surface area contributed by atoms with Gasteiger partial charge in [-0.3, -0.25) is 9.59 Å². The van der Waals surface area contributed by atoms with Crippen molar-refractivity contribution < 1.29 is 19.8 Å². The molecule has 0 spiro atoms. The summed E-state index contributed by atoms with van der Waals surface area (Å²) in [6.07, 6.45) is 3.82. The highest BCUT2D eigenvalue weighted by molar-refractivity contribution is 5.96. The van der Waals surface area contributed by atoms with E-state index in [2.05, 4.69) is 20.5 Å². The van der Waals surface area contributed by atoms with Crippen molar-refractivity contribution in [3.05, 3.63) is 48.5 Å². The summed E-state index contributed by atoms with van der Waals surface area (Å²) in [6, 6.07) is 15.0. The predicted molar refractivity (Wildman–Crippen MR) is 150 cm³/mol. The molecule has 0 saturated carbocycles. The van der Waals surface area contributed by atoms with Crippen LogP contribution in [0.4, 0.5) is 11.4 Å². The molecule has 0 atom stereocenters. The fourth-order valence-corrected chi connectivity index (χ4v) is 4.68. The summed E-state index contributed by atoms with van der Waals surface area (Å²) in [4.78, 5) is 24.5. The van der Waals surface area contributed by atoms with Gasteiger partial charge in [-0.05, 0) is 37.8 Å². The van der Waals surface area contributed by atoms with Gasteiger partial charge in [0.1, 0.15) is 0 Å². The maximum Gasteiger partial charge on any atom is 0.264 e. The Morgan fingerprint density at radius 3 is 1.49 bits per heavy atom. The zero-order valence-corrected chi connectivity index (χ0v) is 22.4. The van der Waals surface area contributed by atoms with Crippen molar-refractivity contribution in [3.63, 3.8) is 0 Å². The molecule has 0 saturated heterocycles. The van der Waals surface area contributed by atoms with Gasteiger partial charge in [0.05, 0.1) is 11.0 Å². The fourth-order valence-electron chi connectivity index (χ4n) is 4.68. The van der Waals surface area contributed by atoms with Crippen molar-refractivity contribution in [2.24, 2.45) is 20.5 Å². The maximum atomic E-state index is 12.3. The molecule has 39 heavy (non-hydrogen) atoms. The molecule has 0 aliphatic heterocycles. The molecule has 4 aromatic rings. The third-order valence-corrected chi connectivity index (χ3v) is 6.53. The number of hydrogen-bond donors (Lipinski definition) is 2. The van der Waals surface area contributed by atoms with Crippen molar-refractivity contribution in [2.45, 2.75) is 71.9 Å². The molecule has 0 aliphatic carbocycles. The van der Waals surface area contributed by atoms with Crippen molar-refractivity contribution in [1.82, 2.24) is 9.13 Å². The van der Waals surface area contributed by atoms with Crippen LogP contribution in [-0.2, 0) is 22.7 Å². The van der Waals surface area contributed by atoms with Crippen LogP contribution in [0.5, 0.6) is 11.8 Å². The predicted octanol–water partition coefficient (Wildman–Crippen LogP) is 7.70. The molecular formula is C29H34N6O4. The molecule has 2 aromatic heterocycles. The van der Waals surface area contributed by atoms with Gasteiger partial charge in [0.25, 0.3) is 11.8 Å². The van der Waals surface area contributed by atoms with Crippen LogP contribution >= 0.6 is 0 Å². The summed E-state index contributed by atoms with van der Waals surface area (Å²) in [6.45, 7) is 5.32. The lowest BCUT2D eigenvalue weighted by Gasteiger charge is -2.03. The Labute approximate surface area is 226 Å². The Morgan fingerprint density at radius 1 is 0.667 bits per heavy atom. The lowest BCUT2D eigenvalue weighted by Crippen LogP contribution is -1.95. The minimum atomic E-state index is -0.383.